The van der Waals surface area contributed by atoms with E-state index in [0.717, 1.165) is 99.5 Å². The van der Waals surface area contributed by atoms with E-state index in [2.05, 4.69) is 247 Å². The molecule has 0 saturated carbocycles. The second-order valence-electron chi connectivity index (χ2n) is 21.5. The van der Waals surface area contributed by atoms with Gasteiger partial charge < -0.3 is 18.6 Å². The lowest BCUT2D eigenvalue weighted by molar-refractivity contribution is 0.634. The van der Waals surface area contributed by atoms with Crippen LogP contribution in [-0.4, -0.2) is 16.1 Å². The summed E-state index contributed by atoms with van der Waals surface area (Å²) in [6.07, 6.45) is 0. The minimum atomic E-state index is -1.46. The molecule has 0 fully saturated rings. The van der Waals surface area contributed by atoms with E-state index in [-0.39, 0.29) is 0 Å². The van der Waals surface area contributed by atoms with Crippen molar-refractivity contribution >= 4 is 126 Å². The summed E-state index contributed by atoms with van der Waals surface area (Å²) in [5.74, 6) is 0.932. The van der Waals surface area contributed by atoms with Crippen molar-refractivity contribution in [3.8, 4) is 0 Å². The van der Waals surface area contributed by atoms with Crippen LogP contribution < -0.4 is 20.2 Å². The Morgan fingerprint density at radius 2 is 0.647 bits per heavy atom. The van der Waals surface area contributed by atoms with Crippen molar-refractivity contribution in [2.24, 2.45) is 0 Å². The monoisotopic (exact) mass is 920 g/mol. The number of benzene rings is 9. The highest BCUT2D eigenvalue weighted by Crippen LogP contribution is 2.44. The van der Waals surface area contributed by atoms with Crippen LogP contribution in [0.2, 0.25) is 39.3 Å². The summed E-state index contributed by atoms with van der Waals surface area (Å²) in [5, 5.41) is 11.7. The molecule has 0 amide bonds. The number of hydrogen-bond donors (Lipinski definition) is 0. The number of anilines is 6. The topological polar surface area (TPSA) is 32.8 Å². The lowest BCUT2D eigenvalue weighted by atomic mass is 10.0. The first-order chi connectivity index (χ1) is 32.6. The summed E-state index contributed by atoms with van der Waals surface area (Å²) < 4.78 is 13.7. The van der Waals surface area contributed by atoms with Crippen LogP contribution in [0.5, 0.6) is 0 Å². The van der Waals surface area contributed by atoms with Gasteiger partial charge in [-0.2, -0.15) is 0 Å². The van der Waals surface area contributed by atoms with Gasteiger partial charge in [-0.15, -0.1) is 0 Å². The summed E-state index contributed by atoms with van der Waals surface area (Å²) in [5.41, 5.74) is 12.7. The summed E-state index contributed by atoms with van der Waals surface area (Å²) in [6, 6.07) is 63.4. The molecule has 0 aliphatic carbocycles. The zero-order valence-corrected chi connectivity index (χ0v) is 43.0. The van der Waals surface area contributed by atoms with Gasteiger partial charge in [-0.1, -0.05) is 138 Å². The molecule has 0 unspecified atom stereocenters. The minimum absolute atomic E-state index is 0.466. The van der Waals surface area contributed by atoms with Gasteiger partial charge in [0.15, 0.2) is 11.2 Å². The highest BCUT2D eigenvalue weighted by molar-refractivity contribution is 6.89. The first-order valence-corrected chi connectivity index (χ1v) is 31.3. The number of hydrogen-bond acceptors (Lipinski definition) is 4. The first-order valence-electron chi connectivity index (χ1n) is 24.3. The Morgan fingerprint density at radius 1 is 0.324 bits per heavy atom. The van der Waals surface area contributed by atoms with E-state index in [1.165, 1.54) is 21.5 Å². The minimum Gasteiger partial charge on any atom is -0.452 e. The van der Waals surface area contributed by atoms with Crippen molar-refractivity contribution in [3.63, 3.8) is 0 Å². The van der Waals surface area contributed by atoms with Gasteiger partial charge in [-0.25, -0.2) is 0 Å². The van der Waals surface area contributed by atoms with Crippen molar-refractivity contribution in [1.29, 1.82) is 0 Å². The molecule has 2 aromatic heterocycles. The van der Waals surface area contributed by atoms with E-state index in [0.29, 0.717) is 11.8 Å². The highest BCUT2D eigenvalue weighted by Gasteiger charge is 2.22. The average Bonchev–Trinajstić information content (AvgIpc) is 3.87. The fourth-order valence-corrected chi connectivity index (χ4v) is 12.3. The molecule has 2 heterocycles. The molecule has 0 radical (unpaired) electrons. The van der Waals surface area contributed by atoms with E-state index in [4.69, 9.17) is 8.83 Å². The first kappa shape index (κ1) is 43.7. The highest BCUT2D eigenvalue weighted by atomic mass is 28.3. The molecular weight excluding hydrogens is 861 g/mol. The number of furan rings is 2. The van der Waals surface area contributed by atoms with E-state index < -0.39 is 16.1 Å². The van der Waals surface area contributed by atoms with Gasteiger partial charge in [0.2, 0.25) is 0 Å². The van der Waals surface area contributed by atoms with Gasteiger partial charge in [0.1, 0.15) is 11.2 Å². The van der Waals surface area contributed by atoms with Crippen LogP contribution in [0.3, 0.4) is 0 Å². The van der Waals surface area contributed by atoms with E-state index >= 15 is 0 Å². The van der Waals surface area contributed by atoms with E-state index in [9.17, 15) is 0 Å². The normalized spacial score (nSPS) is 12.5. The lowest BCUT2D eigenvalue weighted by Crippen LogP contribution is -2.37. The van der Waals surface area contributed by atoms with Gasteiger partial charge in [0.05, 0.1) is 16.1 Å². The molecule has 4 nitrogen and oxygen atoms in total. The standard InChI is InChI=1S/C62H60N2O2Si2/c1-39(2)41-11-17-47(18-12-41)63(49-23-27-53(28-24-49)67(5,6)7)51-21-15-43-35-57-55-31-32-56-58-36-44-16-22-52(34-46(44)38-60(58)66-62(56)61(55)65-59(57)37-45(43)33-51)64(48-19-13-42(14-20-48)40(3)4)50-25-29-54(30-26-50)68(8,9)10/h11-40H,1-10H3. The SMILES string of the molecule is CC(C)c1ccc(N(c2ccc([Si](C)(C)C)cc2)c2ccc3cc4c(cc3c2)oc2c4ccc3c4cc5ccc(N(c6ccc(C(C)C)cc6)c6ccc([Si](C)(C)C)cc6)cc5cc4oc32)cc1. The smallest absolute Gasteiger partial charge is 0.178 e. The fourth-order valence-electron chi connectivity index (χ4n) is 9.94. The molecular formula is C62H60N2O2Si2. The quantitative estimate of drug-likeness (QED) is 0.128. The third kappa shape index (κ3) is 7.79. The van der Waals surface area contributed by atoms with Crippen LogP contribution in [0.15, 0.2) is 179 Å². The molecule has 0 N–H and O–H groups in total. The zero-order chi connectivity index (χ0) is 47.2. The van der Waals surface area contributed by atoms with Crippen molar-refractivity contribution in [2.45, 2.75) is 78.8 Å². The lowest BCUT2D eigenvalue weighted by Gasteiger charge is -2.27. The van der Waals surface area contributed by atoms with Crippen molar-refractivity contribution in [3.05, 3.63) is 181 Å². The molecule has 0 bridgehead atoms. The van der Waals surface area contributed by atoms with Crippen LogP contribution in [0.25, 0.3) is 65.4 Å². The Bertz CT molecular complexity index is 3440. The largest absolute Gasteiger partial charge is 0.452 e. The molecule has 11 rings (SSSR count). The summed E-state index contributed by atoms with van der Waals surface area (Å²) in [4.78, 5) is 4.75. The maximum Gasteiger partial charge on any atom is 0.178 e. The third-order valence-corrected chi connectivity index (χ3v) is 18.2. The van der Waals surface area contributed by atoms with E-state index in [1.54, 1.807) is 0 Å². The van der Waals surface area contributed by atoms with Crippen molar-refractivity contribution in [1.82, 2.24) is 0 Å². The molecule has 11 aromatic rings. The van der Waals surface area contributed by atoms with E-state index in [1.807, 2.05) is 0 Å². The molecule has 0 aliphatic rings. The predicted molar refractivity (Wildman–Crippen MR) is 300 cm³/mol. The van der Waals surface area contributed by atoms with Crippen LogP contribution in [0.1, 0.15) is 50.7 Å². The Morgan fingerprint density at radius 3 is 0.971 bits per heavy atom. The summed E-state index contributed by atoms with van der Waals surface area (Å²) in [6.45, 7) is 23.4. The molecule has 0 atom stereocenters. The molecule has 338 valence electrons. The molecule has 6 heteroatoms. The summed E-state index contributed by atoms with van der Waals surface area (Å²) in [7, 11) is -2.92. The van der Waals surface area contributed by atoms with Crippen LogP contribution >= 0.6 is 0 Å². The molecule has 0 saturated heterocycles. The molecule has 0 aliphatic heterocycles. The van der Waals surface area contributed by atoms with Crippen LogP contribution in [0, 0.1) is 0 Å². The van der Waals surface area contributed by atoms with Gasteiger partial charge in [0.25, 0.3) is 0 Å². The maximum absolute atomic E-state index is 6.84. The number of fused-ring (bicyclic) bond motifs is 9. The second-order valence-corrected chi connectivity index (χ2v) is 31.7. The summed E-state index contributed by atoms with van der Waals surface area (Å²) >= 11 is 0. The van der Waals surface area contributed by atoms with Gasteiger partial charge in [0, 0.05) is 55.7 Å². The van der Waals surface area contributed by atoms with Gasteiger partial charge >= 0.3 is 0 Å². The van der Waals surface area contributed by atoms with Crippen LogP contribution in [-0.2, 0) is 0 Å². The Labute approximate surface area is 402 Å². The van der Waals surface area contributed by atoms with Crippen molar-refractivity contribution < 1.29 is 8.83 Å². The number of rotatable bonds is 10. The average molecular weight is 921 g/mol. The van der Waals surface area contributed by atoms with Crippen molar-refractivity contribution in [2.75, 3.05) is 9.80 Å². The Balaban J connectivity index is 0.994. The van der Waals surface area contributed by atoms with Crippen LogP contribution in [0.4, 0.5) is 34.1 Å². The maximum atomic E-state index is 6.84. The molecule has 9 aromatic carbocycles. The Kier molecular flexibility index (Phi) is 10.6. The second kappa shape index (κ2) is 16.4. The van der Waals surface area contributed by atoms with Gasteiger partial charge in [-0.3, -0.25) is 0 Å². The molecule has 68 heavy (non-hydrogen) atoms. The zero-order valence-electron chi connectivity index (χ0n) is 41.0. The van der Waals surface area contributed by atoms with Gasteiger partial charge in [-0.05, 0) is 154 Å². The number of nitrogens with zero attached hydrogens (tertiary/aromatic N) is 2. The fraction of sp³-hybridized carbons (Fsp3) is 0.194. The predicted octanol–water partition coefficient (Wildman–Crippen LogP) is 18.1. The Hall–Kier alpha value is -6.87. The third-order valence-electron chi connectivity index (χ3n) is 14.1. The molecule has 0 spiro atoms.